The van der Waals surface area contributed by atoms with Gasteiger partial charge in [-0.05, 0) is 33.1 Å². The van der Waals surface area contributed by atoms with Crippen LogP contribution in [-0.4, -0.2) is 30.5 Å². The number of ether oxygens (including phenoxy) is 1. The van der Waals surface area contributed by atoms with Crippen LogP contribution in [0.1, 0.15) is 39.5 Å². The Hall–Kier alpha value is -0.0900. The molecule has 0 aliphatic heterocycles. The van der Waals surface area contributed by atoms with Gasteiger partial charge in [0.15, 0.2) is 0 Å². The Balaban J connectivity index is 3.17. The summed E-state index contributed by atoms with van der Waals surface area (Å²) in [6.07, 6.45) is 3.82. The molecule has 0 bridgehead atoms. The maximum atomic E-state index is 11.2. The van der Waals surface area contributed by atoms with Crippen molar-refractivity contribution in [1.82, 2.24) is 5.32 Å². The molecular formula is C11H22BrNO2. The van der Waals surface area contributed by atoms with Gasteiger partial charge in [0.2, 0.25) is 5.91 Å². The van der Waals surface area contributed by atoms with E-state index in [0.29, 0.717) is 6.42 Å². The minimum Gasteiger partial charge on any atom is -0.379 e. The third kappa shape index (κ3) is 11.8. The first-order valence-corrected chi connectivity index (χ1v) is 6.73. The Morgan fingerprint density at radius 1 is 1.33 bits per heavy atom. The quantitative estimate of drug-likeness (QED) is 0.520. The van der Waals surface area contributed by atoms with Crippen LogP contribution in [0.4, 0.5) is 0 Å². The first-order chi connectivity index (χ1) is 7.16. The lowest BCUT2D eigenvalue weighted by molar-refractivity contribution is -0.121. The zero-order valence-corrected chi connectivity index (χ0v) is 11.3. The Labute approximate surface area is 101 Å². The number of carbonyl (C=O) groups is 1. The van der Waals surface area contributed by atoms with Gasteiger partial charge in [0.1, 0.15) is 0 Å². The van der Waals surface area contributed by atoms with E-state index < -0.39 is 0 Å². The van der Waals surface area contributed by atoms with Crippen molar-refractivity contribution in [3.05, 3.63) is 0 Å². The highest BCUT2D eigenvalue weighted by molar-refractivity contribution is 9.09. The highest BCUT2D eigenvalue weighted by atomic mass is 79.9. The number of hydrogen-bond acceptors (Lipinski definition) is 2. The van der Waals surface area contributed by atoms with Crippen LogP contribution in [0.5, 0.6) is 0 Å². The summed E-state index contributed by atoms with van der Waals surface area (Å²) < 4.78 is 5.36. The summed E-state index contributed by atoms with van der Waals surface area (Å²) >= 11 is 3.34. The molecule has 0 spiro atoms. The van der Waals surface area contributed by atoms with Gasteiger partial charge in [0.05, 0.1) is 6.10 Å². The monoisotopic (exact) mass is 279 g/mol. The van der Waals surface area contributed by atoms with Crippen LogP contribution < -0.4 is 5.32 Å². The molecule has 0 aromatic carbocycles. The molecule has 0 saturated heterocycles. The van der Waals surface area contributed by atoms with Gasteiger partial charge in [-0.2, -0.15) is 0 Å². The van der Waals surface area contributed by atoms with E-state index in [9.17, 15) is 4.79 Å². The minimum absolute atomic E-state index is 0.153. The number of carbonyl (C=O) groups excluding carboxylic acids is 1. The fourth-order valence-electron chi connectivity index (χ4n) is 1.09. The standard InChI is InChI=1S/C11H22BrNO2/c1-10(2)15-9-5-8-13-11(14)6-3-4-7-12/h10H,3-9H2,1-2H3,(H,13,14). The zero-order chi connectivity index (χ0) is 11.5. The second-order valence-corrected chi connectivity index (χ2v) is 4.56. The molecule has 0 aromatic heterocycles. The smallest absolute Gasteiger partial charge is 0.219 e. The van der Waals surface area contributed by atoms with E-state index in [-0.39, 0.29) is 12.0 Å². The van der Waals surface area contributed by atoms with E-state index in [4.69, 9.17) is 4.74 Å². The fraction of sp³-hybridized carbons (Fsp3) is 0.909. The molecule has 0 aromatic rings. The van der Waals surface area contributed by atoms with Gasteiger partial charge in [-0.25, -0.2) is 0 Å². The molecule has 0 saturated carbocycles. The molecule has 15 heavy (non-hydrogen) atoms. The molecule has 90 valence electrons. The van der Waals surface area contributed by atoms with E-state index in [1.54, 1.807) is 0 Å². The summed E-state index contributed by atoms with van der Waals surface area (Å²) in [5, 5.41) is 3.86. The van der Waals surface area contributed by atoms with Gasteiger partial charge in [-0.15, -0.1) is 0 Å². The molecule has 0 radical (unpaired) electrons. The van der Waals surface area contributed by atoms with Crippen LogP contribution in [0.2, 0.25) is 0 Å². The Kier molecular flexibility index (Phi) is 10.4. The normalized spacial score (nSPS) is 10.7. The second kappa shape index (κ2) is 10.4. The van der Waals surface area contributed by atoms with E-state index in [1.165, 1.54) is 0 Å². The highest BCUT2D eigenvalue weighted by Gasteiger charge is 1.99. The van der Waals surface area contributed by atoms with Crippen molar-refractivity contribution in [1.29, 1.82) is 0 Å². The zero-order valence-electron chi connectivity index (χ0n) is 9.72. The van der Waals surface area contributed by atoms with Crippen LogP contribution in [-0.2, 0) is 9.53 Å². The van der Waals surface area contributed by atoms with E-state index in [2.05, 4.69) is 21.2 Å². The Morgan fingerprint density at radius 3 is 2.67 bits per heavy atom. The summed E-state index contributed by atoms with van der Waals surface area (Å²) in [6.45, 7) is 5.47. The average Bonchev–Trinajstić information content (AvgIpc) is 2.17. The molecule has 4 heteroatoms. The average molecular weight is 280 g/mol. The number of halogens is 1. The number of rotatable bonds is 9. The lowest BCUT2D eigenvalue weighted by Gasteiger charge is -2.08. The molecule has 0 unspecified atom stereocenters. The van der Waals surface area contributed by atoms with Crippen molar-refractivity contribution < 1.29 is 9.53 Å². The van der Waals surface area contributed by atoms with E-state index in [0.717, 1.165) is 37.7 Å². The van der Waals surface area contributed by atoms with E-state index in [1.807, 2.05) is 13.8 Å². The fourth-order valence-corrected chi connectivity index (χ4v) is 1.48. The maximum Gasteiger partial charge on any atom is 0.219 e. The summed E-state index contributed by atoms with van der Waals surface area (Å²) in [5.41, 5.74) is 0. The summed E-state index contributed by atoms with van der Waals surface area (Å²) in [4.78, 5) is 11.2. The first-order valence-electron chi connectivity index (χ1n) is 5.61. The Morgan fingerprint density at radius 2 is 2.07 bits per heavy atom. The van der Waals surface area contributed by atoms with Crippen LogP contribution in [0.15, 0.2) is 0 Å². The number of alkyl halides is 1. The molecule has 0 heterocycles. The highest BCUT2D eigenvalue weighted by Crippen LogP contribution is 1.98. The van der Waals surface area contributed by atoms with Gasteiger partial charge < -0.3 is 10.1 Å². The van der Waals surface area contributed by atoms with Crippen LogP contribution in [0, 0.1) is 0 Å². The van der Waals surface area contributed by atoms with Crippen molar-refractivity contribution in [3.63, 3.8) is 0 Å². The summed E-state index contributed by atoms with van der Waals surface area (Å²) in [7, 11) is 0. The van der Waals surface area contributed by atoms with Gasteiger partial charge in [-0.1, -0.05) is 15.9 Å². The maximum absolute atomic E-state index is 11.2. The molecule has 0 aliphatic rings. The number of amides is 1. The molecular weight excluding hydrogens is 258 g/mol. The number of unbranched alkanes of at least 4 members (excludes halogenated alkanes) is 1. The minimum atomic E-state index is 0.153. The van der Waals surface area contributed by atoms with Crippen molar-refractivity contribution in [3.8, 4) is 0 Å². The molecule has 0 atom stereocenters. The summed E-state index contributed by atoms with van der Waals surface area (Å²) in [5.74, 6) is 0.153. The molecule has 3 nitrogen and oxygen atoms in total. The van der Waals surface area contributed by atoms with Crippen molar-refractivity contribution >= 4 is 21.8 Å². The van der Waals surface area contributed by atoms with Gasteiger partial charge in [0, 0.05) is 24.9 Å². The topological polar surface area (TPSA) is 38.3 Å². The molecule has 0 rings (SSSR count). The van der Waals surface area contributed by atoms with Gasteiger partial charge in [0.25, 0.3) is 0 Å². The predicted octanol–water partition coefficient (Wildman–Crippen LogP) is 2.48. The number of hydrogen-bond donors (Lipinski definition) is 1. The van der Waals surface area contributed by atoms with Gasteiger partial charge >= 0.3 is 0 Å². The molecule has 1 N–H and O–H groups in total. The Bertz CT molecular complexity index is 163. The lowest BCUT2D eigenvalue weighted by atomic mass is 10.2. The molecule has 1 amide bonds. The van der Waals surface area contributed by atoms with E-state index >= 15 is 0 Å². The van der Waals surface area contributed by atoms with Crippen LogP contribution in [0.25, 0.3) is 0 Å². The van der Waals surface area contributed by atoms with Crippen LogP contribution in [0.3, 0.4) is 0 Å². The first kappa shape index (κ1) is 14.9. The summed E-state index contributed by atoms with van der Waals surface area (Å²) in [6, 6.07) is 0. The third-order valence-corrected chi connectivity index (χ3v) is 2.44. The SMILES string of the molecule is CC(C)OCCCNC(=O)CCCCBr. The molecule has 0 aliphatic carbocycles. The number of nitrogens with one attached hydrogen (secondary N) is 1. The van der Waals surface area contributed by atoms with Crippen molar-refractivity contribution in [2.24, 2.45) is 0 Å². The van der Waals surface area contributed by atoms with Crippen LogP contribution >= 0.6 is 15.9 Å². The third-order valence-electron chi connectivity index (χ3n) is 1.88. The van der Waals surface area contributed by atoms with Crippen molar-refractivity contribution in [2.45, 2.75) is 45.6 Å². The molecule has 0 fully saturated rings. The largest absolute Gasteiger partial charge is 0.379 e. The predicted molar refractivity (Wildman–Crippen MR) is 66.4 cm³/mol. The van der Waals surface area contributed by atoms with Crippen molar-refractivity contribution in [2.75, 3.05) is 18.5 Å². The second-order valence-electron chi connectivity index (χ2n) is 3.77. The lowest BCUT2D eigenvalue weighted by Crippen LogP contribution is -2.25. The van der Waals surface area contributed by atoms with Gasteiger partial charge in [-0.3, -0.25) is 4.79 Å².